The number of amides is 1. The van der Waals surface area contributed by atoms with Gasteiger partial charge in [-0.2, -0.15) is 0 Å². The van der Waals surface area contributed by atoms with Gasteiger partial charge in [0.25, 0.3) is 5.91 Å². The highest BCUT2D eigenvalue weighted by Crippen LogP contribution is 2.21. The van der Waals surface area contributed by atoms with Crippen LogP contribution in [0.15, 0.2) is 42.6 Å². The van der Waals surface area contributed by atoms with Crippen LogP contribution in [0.25, 0.3) is 0 Å². The van der Waals surface area contributed by atoms with Gasteiger partial charge in [-0.05, 0) is 31.4 Å². The maximum Gasteiger partial charge on any atom is 0.260 e. The summed E-state index contributed by atoms with van der Waals surface area (Å²) in [5.74, 6) is 0.398. The Kier molecular flexibility index (Phi) is 6.29. The number of ether oxygens (including phenoxy) is 1. The number of pyridine rings is 1. The first-order valence-electron chi connectivity index (χ1n) is 9.40. The van der Waals surface area contributed by atoms with Gasteiger partial charge < -0.3 is 15.4 Å². The highest BCUT2D eigenvalue weighted by Gasteiger charge is 2.25. The zero-order chi connectivity index (χ0) is 19.2. The Bertz CT molecular complexity index is 758. The summed E-state index contributed by atoms with van der Waals surface area (Å²) in [6, 6.07) is 12.5. The quantitative estimate of drug-likeness (QED) is 0.848. The summed E-state index contributed by atoms with van der Waals surface area (Å²) in [6.07, 6.45) is 3.55. The molecule has 1 fully saturated rings. The van der Waals surface area contributed by atoms with Crippen LogP contribution in [-0.2, 0) is 11.3 Å². The minimum Gasteiger partial charge on any atom is -0.467 e. The number of aromatic nitrogens is 1. The molecule has 0 bridgehead atoms. The Labute approximate surface area is 160 Å². The summed E-state index contributed by atoms with van der Waals surface area (Å²) in [6.45, 7) is 4.78. The topological polar surface area (TPSA) is 71.7 Å². The van der Waals surface area contributed by atoms with E-state index in [2.05, 4.69) is 34.1 Å². The molecule has 2 aromatic rings. The van der Waals surface area contributed by atoms with Crippen LogP contribution in [0.5, 0.6) is 5.88 Å². The van der Waals surface area contributed by atoms with Gasteiger partial charge in [0, 0.05) is 50.2 Å². The molecule has 0 spiro atoms. The number of nitrogens with two attached hydrogens (primary N) is 1. The molecule has 1 saturated heterocycles. The Morgan fingerprint density at radius 2 is 1.96 bits per heavy atom. The van der Waals surface area contributed by atoms with Crippen LogP contribution in [0.4, 0.5) is 5.69 Å². The van der Waals surface area contributed by atoms with Crippen LogP contribution in [-0.4, -0.2) is 53.5 Å². The van der Waals surface area contributed by atoms with E-state index in [1.807, 2.05) is 24.9 Å². The molecule has 1 amide bonds. The molecule has 144 valence electrons. The molecule has 1 aromatic heterocycles. The van der Waals surface area contributed by atoms with E-state index in [1.165, 1.54) is 5.56 Å². The van der Waals surface area contributed by atoms with Crippen molar-refractivity contribution in [2.75, 3.05) is 32.5 Å². The van der Waals surface area contributed by atoms with Gasteiger partial charge in [-0.25, -0.2) is 4.98 Å². The van der Waals surface area contributed by atoms with E-state index in [9.17, 15) is 4.79 Å². The van der Waals surface area contributed by atoms with Gasteiger partial charge in [0.2, 0.25) is 5.88 Å². The lowest BCUT2D eigenvalue weighted by atomic mass is 10.0. The molecule has 0 radical (unpaired) electrons. The maximum absolute atomic E-state index is 12.5. The van der Waals surface area contributed by atoms with Crippen molar-refractivity contribution in [3.8, 4) is 5.88 Å². The van der Waals surface area contributed by atoms with Gasteiger partial charge >= 0.3 is 0 Å². The van der Waals surface area contributed by atoms with E-state index >= 15 is 0 Å². The largest absolute Gasteiger partial charge is 0.467 e. The van der Waals surface area contributed by atoms with Gasteiger partial charge in [0.1, 0.15) is 0 Å². The maximum atomic E-state index is 12.5. The van der Waals surface area contributed by atoms with E-state index in [4.69, 9.17) is 10.5 Å². The van der Waals surface area contributed by atoms with Crippen LogP contribution in [0.2, 0.25) is 0 Å². The summed E-state index contributed by atoms with van der Waals surface area (Å²) in [5.41, 5.74) is 8.57. The van der Waals surface area contributed by atoms with Crippen molar-refractivity contribution in [3.63, 3.8) is 0 Å². The number of nitrogen functional groups attached to an aromatic ring is 1. The first-order valence-corrected chi connectivity index (χ1v) is 9.40. The third kappa shape index (κ3) is 4.98. The van der Waals surface area contributed by atoms with Crippen molar-refractivity contribution in [1.82, 2.24) is 14.8 Å². The molecule has 0 saturated carbocycles. The van der Waals surface area contributed by atoms with Gasteiger partial charge in [0.15, 0.2) is 6.61 Å². The lowest BCUT2D eigenvalue weighted by Gasteiger charge is -2.36. The number of carbonyl (C=O) groups is 1. The fourth-order valence-electron chi connectivity index (χ4n) is 3.42. The number of rotatable bonds is 6. The first-order chi connectivity index (χ1) is 13.0. The third-order valence-corrected chi connectivity index (χ3v) is 5.28. The van der Waals surface area contributed by atoms with E-state index in [1.54, 1.807) is 12.3 Å². The summed E-state index contributed by atoms with van der Waals surface area (Å²) in [5, 5.41) is 0. The van der Waals surface area contributed by atoms with Gasteiger partial charge in [-0.1, -0.05) is 30.3 Å². The molecule has 0 atom stereocenters. The molecule has 1 aliphatic rings. The van der Waals surface area contributed by atoms with Crippen molar-refractivity contribution in [3.05, 3.63) is 53.7 Å². The van der Waals surface area contributed by atoms with Crippen LogP contribution in [0, 0.1) is 6.92 Å². The van der Waals surface area contributed by atoms with Crippen LogP contribution >= 0.6 is 0 Å². The second kappa shape index (κ2) is 8.86. The van der Waals surface area contributed by atoms with Gasteiger partial charge in [-0.3, -0.25) is 9.69 Å². The zero-order valence-electron chi connectivity index (χ0n) is 16.1. The van der Waals surface area contributed by atoms with Gasteiger partial charge in [0.05, 0.1) is 0 Å². The predicted octanol–water partition coefficient (Wildman–Crippen LogP) is 2.47. The Hall–Kier alpha value is -2.60. The van der Waals surface area contributed by atoms with Crippen LogP contribution < -0.4 is 10.5 Å². The number of benzene rings is 1. The number of hydrogen-bond donors (Lipinski definition) is 1. The second-order valence-corrected chi connectivity index (χ2v) is 7.12. The Balaban J connectivity index is 1.46. The molecule has 2 heterocycles. The number of piperidine rings is 1. The number of carbonyl (C=O) groups excluding carboxylic acids is 1. The van der Waals surface area contributed by atoms with E-state index < -0.39 is 0 Å². The minimum atomic E-state index is -0.0277. The molecule has 1 aliphatic heterocycles. The fourth-order valence-corrected chi connectivity index (χ4v) is 3.42. The molecule has 27 heavy (non-hydrogen) atoms. The fraction of sp³-hybridized carbons (Fsp3) is 0.429. The average Bonchev–Trinajstić information content (AvgIpc) is 2.70. The molecular weight excluding hydrogens is 340 g/mol. The first kappa shape index (κ1) is 19.2. The van der Waals surface area contributed by atoms with Gasteiger partial charge in [-0.15, -0.1) is 0 Å². The SMILES string of the molecule is Cc1c(N)ccnc1OCC(=O)N(C)C1CCN(Cc2ccccc2)CC1. The summed E-state index contributed by atoms with van der Waals surface area (Å²) in [7, 11) is 1.86. The van der Waals surface area contributed by atoms with Crippen molar-refractivity contribution >= 4 is 11.6 Å². The van der Waals surface area contributed by atoms with Crippen molar-refractivity contribution in [1.29, 1.82) is 0 Å². The third-order valence-electron chi connectivity index (χ3n) is 5.28. The smallest absolute Gasteiger partial charge is 0.260 e. The molecule has 2 N–H and O–H groups in total. The van der Waals surface area contributed by atoms with Crippen LogP contribution in [0.1, 0.15) is 24.0 Å². The van der Waals surface area contributed by atoms with E-state index in [0.29, 0.717) is 11.6 Å². The monoisotopic (exact) mass is 368 g/mol. The lowest BCUT2D eigenvalue weighted by Crippen LogP contribution is -2.46. The number of likely N-dealkylation sites (tertiary alicyclic amines) is 1. The van der Waals surface area contributed by atoms with Crippen molar-refractivity contribution in [2.24, 2.45) is 0 Å². The minimum absolute atomic E-state index is 0.0159. The molecule has 3 rings (SSSR count). The second-order valence-electron chi connectivity index (χ2n) is 7.12. The van der Waals surface area contributed by atoms with E-state index in [0.717, 1.165) is 38.0 Å². The molecular formula is C21H28N4O2. The summed E-state index contributed by atoms with van der Waals surface area (Å²) >= 11 is 0. The lowest BCUT2D eigenvalue weighted by molar-refractivity contribution is -0.135. The normalized spacial score (nSPS) is 15.5. The predicted molar refractivity (Wildman–Crippen MR) is 106 cm³/mol. The number of nitrogens with zero attached hydrogens (tertiary/aromatic N) is 3. The summed E-state index contributed by atoms with van der Waals surface area (Å²) < 4.78 is 5.60. The van der Waals surface area contributed by atoms with E-state index in [-0.39, 0.29) is 18.6 Å². The Morgan fingerprint density at radius 1 is 1.26 bits per heavy atom. The Morgan fingerprint density at radius 3 is 2.67 bits per heavy atom. The van der Waals surface area contributed by atoms with Crippen molar-refractivity contribution < 1.29 is 9.53 Å². The summed E-state index contributed by atoms with van der Waals surface area (Å²) in [4.78, 5) is 20.9. The molecule has 1 aromatic carbocycles. The molecule has 0 unspecified atom stereocenters. The standard InChI is InChI=1S/C21H28N4O2/c1-16-19(22)8-11-23-21(16)27-15-20(26)24(2)18-9-12-25(13-10-18)14-17-6-4-3-5-7-17/h3-8,11,18H,9-10,12-15H2,1-2H3,(H2,22,23). The number of likely N-dealkylation sites (N-methyl/N-ethyl adjacent to an activating group) is 1. The molecule has 0 aliphatic carbocycles. The number of hydrogen-bond acceptors (Lipinski definition) is 5. The highest BCUT2D eigenvalue weighted by atomic mass is 16.5. The average molecular weight is 368 g/mol. The zero-order valence-corrected chi connectivity index (χ0v) is 16.1. The number of anilines is 1. The van der Waals surface area contributed by atoms with Crippen molar-refractivity contribution in [2.45, 2.75) is 32.4 Å². The highest BCUT2D eigenvalue weighted by molar-refractivity contribution is 5.77. The molecule has 6 nitrogen and oxygen atoms in total. The van der Waals surface area contributed by atoms with Crippen LogP contribution in [0.3, 0.4) is 0 Å². The molecule has 6 heteroatoms.